The lowest BCUT2D eigenvalue weighted by atomic mass is 9.89. The lowest BCUT2D eigenvalue weighted by Crippen LogP contribution is -2.44. The second-order valence-corrected chi connectivity index (χ2v) is 6.49. The molecule has 0 atom stereocenters. The number of benzene rings is 1. The highest BCUT2D eigenvalue weighted by atomic mass is 79.9. The predicted molar refractivity (Wildman–Crippen MR) is 83.7 cm³/mol. The van der Waals surface area contributed by atoms with E-state index in [1.807, 2.05) is 13.0 Å². The normalized spacial score (nSPS) is 22.1. The average molecular weight is 393 g/mol. The molecule has 0 aliphatic heterocycles. The maximum absolute atomic E-state index is 5.72. The molecule has 0 radical (unpaired) electrons. The van der Waals surface area contributed by atoms with E-state index in [2.05, 4.69) is 43.2 Å². The van der Waals surface area contributed by atoms with Crippen LogP contribution in [0.25, 0.3) is 0 Å². The first-order valence-electron chi connectivity index (χ1n) is 6.51. The van der Waals surface area contributed by atoms with Crippen molar-refractivity contribution < 1.29 is 9.47 Å². The van der Waals surface area contributed by atoms with E-state index in [4.69, 9.17) is 9.47 Å². The molecule has 0 saturated heterocycles. The molecule has 1 fully saturated rings. The van der Waals surface area contributed by atoms with E-state index in [-0.39, 0.29) is 0 Å². The summed E-state index contributed by atoms with van der Waals surface area (Å²) >= 11 is 7.08. The summed E-state index contributed by atoms with van der Waals surface area (Å²) in [6.45, 7) is 3.48. The standard InChI is InChI=1S/C14H19Br2NO2/c1-3-19-14-9(4-10(15)5-13(14)16)8-17-11-6-12(7-11)18-2/h4-5,11-12,17H,3,6-8H2,1-2H3. The minimum atomic E-state index is 0.429. The van der Waals surface area contributed by atoms with Crippen molar-refractivity contribution in [3.63, 3.8) is 0 Å². The first kappa shape index (κ1) is 15.3. The van der Waals surface area contributed by atoms with Gasteiger partial charge in [-0.15, -0.1) is 0 Å². The smallest absolute Gasteiger partial charge is 0.138 e. The van der Waals surface area contributed by atoms with Crippen LogP contribution < -0.4 is 10.1 Å². The molecule has 3 nitrogen and oxygen atoms in total. The number of methoxy groups -OCH3 is 1. The van der Waals surface area contributed by atoms with Gasteiger partial charge in [-0.3, -0.25) is 0 Å². The Morgan fingerprint density at radius 2 is 2.05 bits per heavy atom. The van der Waals surface area contributed by atoms with Gasteiger partial charge in [0.1, 0.15) is 5.75 Å². The molecule has 0 amide bonds. The Balaban J connectivity index is 1.98. The molecule has 0 heterocycles. The van der Waals surface area contributed by atoms with Crippen LogP contribution >= 0.6 is 31.9 Å². The number of hydrogen-bond acceptors (Lipinski definition) is 3. The van der Waals surface area contributed by atoms with Gasteiger partial charge in [0.25, 0.3) is 0 Å². The maximum atomic E-state index is 5.72. The third-order valence-corrected chi connectivity index (χ3v) is 4.43. The summed E-state index contributed by atoms with van der Waals surface area (Å²) in [4.78, 5) is 0. The third kappa shape index (κ3) is 3.94. The van der Waals surface area contributed by atoms with Crippen molar-refractivity contribution in [2.45, 2.75) is 38.5 Å². The van der Waals surface area contributed by atoms with Gasteiger partial charge in [0.2, 0.25) is 0 Å². The second-order valence-electron chi connectivity index (χ2n) is 4.72. The molecule has 106 valence electrons. The van der Waals surface area contributed by atoms with Crippen LogP contribution in [0.1, 0.15) is 25.3 Å². The fourth-order valence-electron chi connectivity index (χ4n) is 2.23. The van der Waals surface area contributed by atoms with Gasteiger partial charge in [-0.25, -0.2) is 0 Å². The summed E-state index contributed by atoms with van der Waals surface area (Å²) in [6.07, 6.45) is 2.61. The molecule has 1 aliphatic carbocycles. The Labute approximate surface area is 131 Å². The first-order valence-corrected chi connectivity index (χ1v) is 8.09. The van der Waals surface area contributed by atoms with E-state index >= 15 is 0 Å². The minimum Gasteiger partial charge on any atom is -0.492 e. The molecule has 19 heavy (non-hydrogen) atoms. The number of nitrogens with one attached hydrogen (secondary N) is 1. The van der Waals surface area contributed by atoms with E-state index in [9.17, 15) is 0 Å². The molecule has 0 spiro atoms. The van der Waals surface area contributed by atoms with Crippen LogP contribution in [0, 0.1) is 0 Å². The number of rotatable bonds is 6. The minimum absolute atomic E-state index is 0.429. The summed E-state index contributed by atoms with van der Waals surface area (Å²) in [7, 11) is 1.78. The SMILES string of the molecule is CCOc1c(Br)cc(Br)cc1CNC1CC(OC)C1. The molecule has 2 rings (SSSR count). The van der Waals surface area contributed by atoms with Gasteiger partial charge in [-0.05, 0) is 47.8 Å². The fraction of sp³-hybridized carbons (Fsp3) is 0.571. The van der Waals surface area contributed by atoms with Crippen LogP contribution in [-0.2, 0) is 11.3 Å². The van der Waals surface area contributed by atoms with Gasteiger partial charge in [0.05, 0.1) is 17.2 Å². The molecular formula is C14H19Br2NO2. The Kier molecular flexibility index (Phi) is 5.69. The highest BCUT2D eigenvalue weighted by Gasteiger charge is 2.28. The van der Waals surface area contributed by atoms with Crippen molar-refractivity contribution >= 4 is 31.9 Å². The van der Waals surface area contributed by atoms with Gasteiger partial charge < -0.3 is 14.8 Å². The quantitative estimate of drug-likeness (QED) is 0.796. The van der Waals surface area contributed by atoms with Crippen molar-refractivity contribution in [2.24, 2.45) is 0 Å². The molecule has 1 N–H and O–H groups in total. The van der Waals surface area contributed by atoms with Crippen molar-refractivity contribution in [3.05, 3.63) is 26.6 Å². The van der Waals surface area contributed by atoms with Crippen molar-refractivity contribution in [1.82, 2.24) is 5.32 Å². The molecule has 0 aromatic heterocycles. The predicted octanol–water partition coefficient (Wildman–Crippen LogP) is 3.88. The summed E-state index contributed by atoms with van der Waals surface area (Å²) in [5.41, 5.74) is 1.17. The zero-order valence-corrected chi connectivity index (χ0v) is 14.4. The summed E-state index contributed by atoms with van der Waals surface area (Å²) in [5.74, 6) is 0.931. The van der Waals surface area contributed by atoms with Gasteiger partial charge in [-0.1, -0.05) is 15.9 Å². The van der Waals surface area contributed by atoms with E-state index < -0.39 is 0 Å². The largest absolute Gasteiger partial charge is 0.492 e. The molecular weight excluding hydrogens is 374 g/mol. The van der Waals surface area contributed by atoms with Crippen LogP contribution in [-0.4, -0.2) is 25.9 Å². The molecule has 0 unspecified atom stereocenters. The Bertz CT molecular complexity index is 434. The van der Waals surface area contributed by atoms with Crippen LogP contribution in [0.3, 0.4) is 0 Å². The lowest BCUT2D eigenvalue weighted by molar-refractivity contribution is 0.0169. The van der Waals surface area contributed by atoms with Gasteiger partial charge in [-0.2, -0.15) is 0 Å². The van der Waals surface area contributed by atoms with E-state index in [1.54, 1.807) is 7.11 Å². The molecule has 1 aromatic carbocycles. The van der Waals surface area contributed by atoms with E-state index in [0.29, 0.717) is 18.8 Å². The molecule has 1 aliphatic rings. The van der Waals surface area contributed by atoms with Crippen LogP contribution in [0.15, 0.2) is 21.1 Å². The van der Waals surface area contributed by atoms with Gasteiger partial charge in [0.15, 0.2) is 0 Å². The first-order chi connectivity index (χ1) is 9.13. The fourth-order valence-corrected chi connectivity index (χ4v) is 3.66. The van der Waals surface area contributed by atoms with E-state index in [1.165, 1.54) is 5.56 Å². The zero-order valence-electron chi connectivity index (χ0n) is 11.2. The van der Waals surface area contributed by atoms with Crippen LogP contribution in [0.5, 0.6) is 5.75 Å². The highest BCUT2D eigenvalue weighted by Crippen LogP contribution is 2.33. The molecule has 0 bridgehead atoms. The maximum Gasteiger partial charge on any atom is 0.138 e. The Hall–Kier alpha value is -0.100. The molecule has 1 saturated carbocycles. The summed E-state index contributed by atoms with van der Waals surface area (Å²) in [5, 5.41) is 3.55. The van der Waals surface area contributed by atoms with Crippen molar-refractivity contribution in [1.29, 1.82) is 0 Å². The monoisotopic (exact) mass is 391 g/mol. The Morgan fingerprint density at radius 1 is 1.32 bits per heavy atom. The average Bonchev–Trinajstić information content (AvgIpc) is 2.31. The lowest BCUT2D eigenvalue weighted by Gasteiger charge is -2.35. The highest BCUT2D eigenvalue weighted by molar-refractivity contribution is 9.11. The van der Waals surface area contributed by atoms with Crippen LogP contribution in [0.2, 0.25) is 0 Å². The third-order valence-electron chi connectivity index (χ3n) is 3.38. The van der Waals surface area contributed by atoms with Crippen molar-refractivity contribution in [2.75, 3.05) is 13.7 Å². The molecule has 1 aromatic rings. The molecule has 5 heteroatoms. The zero-order chi connectivity index (χ0) is 13.8. The van der Waals surface area contributed by atoms with E-state index in [0.717, 1.165) is 34.1 Å². The second kappa shape index (κ2) is 7.07. The number of ether oxygens (including phenoxy) is 2. The van der Waals surface area contributed by atoms with Gasteiger partial charge >= 0.3 is 0 Å². The number of halogens is 2. The Morgan fingerprint density at radius 3 is 2.68 bits per heavy atom. The van der Waals surface area contributed by atoms with Gasteiger partial charge in [0, 0.05) is 29.7 Å². The number of hydrogen-bond donors (Lipinski definition) is 1. The summed E-state index contributed by atoms with van der Waals surface area (Å²) < 4.78 is 13.1. The topological polar surface area (TPSA) is 30.5 Å². The summed E-state index contributed by atoms with van der Waals surface area (Å²) in [6, 6.07) is 4.67. The van der Waals surface area contributed by atoms with Crippen molar-refractivity contribution in [3.8, 4) is 5.75 Å². The van der Waals surface area contributed by atoms with Crippen LogP contribution in [0.4, 0.5) is 0 Å².